The predicted molar refractivity (Wildman–Crippen MR) is 133 cm³/mol. The molecular formula is C27H27N3O8. The highest BCUT2D eigenvalue weighted by Crippen LogP contribution is 2.43. The quantitative estimate of drug-likeness (QED) is 0.427. The number of nitrogens with zero attached hydrogens (tertiary/aromatic N) is 2. The number of carbonyl (C=O) groups is 2. The van der Waals surface area contributed by atoms with E-state index in [1.165, 1.54) is 25.3 Å². The molecule has 4 atom stereocenters. The minimum atomic E-state index is -1.35. The number of nitrogens with one attached hydrogen (secondary N) is 1. The molecule has 2 aromatic carbocycles. The standard InChI is InChI=1S/C27H27N3O8/c1-3-27(15-31)21(36-14-17-9-5-4-6-10-17)20(25(37-27)29-13-16(2)22(32)28-26(29)35)38-30-23(33)18-11-7-8-12-19(18)24(30)34/h4-13,20-21,25,31H,3,14-15H2,1-2H3,(H,28,32,35)/t20-,21?,25+,27+/m0/s1. The van der Waals surface area contributed by atoms with Crippen LogP contribution in [0, 0.1) is 6.92 Å². The normalized spacial score (nSPS) is 24.7. The lowest BCUT2D eigenvalue weighted by molar-refractivity contribution is -0.187. The van der Waals surface area contributed by atoms with E-state index >= 15 is 0 Å². The van der Waals surface area contributed by atoms with Crippen LogP contribution in [-0.2, 0) is 20.9 Å². The van der Waals surface area contributed by atoms with Gasteiger partial charge < -0.3 is 14.6 Å². The van der Waals surface area contributed by atoms with Gasteiger partial charge in [0, 0.05) is 11.8 Å². The van der Waals surface area contributed by atoms with Crippen molar-refractivity contribution in [2.45, 2.75) is 50.9 Å². The van der Waals surface area contributed by atoms with Gasteiger partial charge in [-0.15, -0.1) is 5.06 Å². The Kier molecular flexibility index (Phi) is 6.84. The SMILES string of the molecule is CC[C@]1(CO)O[C@@H](n2cc(C)c(=O)[nH]c2=O)[C@@H](ON2C(=O)c3ccccc3C2=O)C1OCc1ccccc1. The fraction of sp³-hybridized carbons (Fsp3) is 0.333. The Morgan fingerprint density at radius 2 is 1.63 bits per heavy atom. The molecule has 1 fully saturated rings. The first kappa shape index (κ1) is 25.7. The van der Waals surface area contributed by atoms with Gasteiger partial charge in [0.2, 0.25) is 0 Å². The molecule has 198 valence electrons. The molecule has 2 aliphatic rings. The van der Waals surface area contributed by atoms with Crippen molar-refractivity contribution < 1.29 is 29.0 Å². The van der Waals surface area contributed by atoms with Crippen LogP contribution in [0.3, 0.4) is 0 Å². The Bertz CT molecular complexity index is 1440. The first-order valence-corrected chi connectivity index (χ1v) is 12.2. The zero-order valence-electron chi connectivity index (χ0n) is 20.8. The van der Waals surface area contributed by atoms with Crippen LogP contribution in [-0.4, -0.2) is 56.0 Å². The van der Waals surface area contributed by atoms with Crippen molar-refractivity contribution in [2.75, 3.05) is 6.61 Å². The Hall–Kier alpha value is -3.90. The zero-order valence-corrected chi connectivity index (χ0v) is 20.8. The molecule has 2 aliphatic heterocycles. The van der Waals surface area contributed by atoms with Crippen molar-refractivity contribution in [3.05, 3.63) is 104 Å². The number of hydroxylamine groups is 2. The number of benzene rings is 2. The second-order valence-electron chi connectivity index (χ2n) is 9.30. The maximum atomic E-state index is 13.1. The van der Waals surface area contributed by atoms with E-state index in [-0.39, 0.29) is 29.7 Å². The number of rotatable bonds is 8. The summed E-state index contributed by atoms with van der Waals surface area (Å²) in [5, 5.41) is 11.1. The minimum Gasteiger partial charge on any atom is -0.393 e. The molecule has 3 heterocycles. The highest BCUT2D eigenvalue weighted by molar-refractivity contribution is 6.20. The van der Waals surface area contributed by atoms with E-state index in [0.29, 0.717) is 5.06 Å². The predicted octanol–water partition coefficient (Wildman–Crippen LogP) is 1.70. The van der Waals surface area contributed by atoms with E-state index in [1.807, 2.05) is 30.3 Å². The highest BCUT2D eigenvalue weighted by atomic mass is 16.7. The molecule has 0 bridgehead atoms. The van der Waals surface area contributed by atoms with Crippen LogP contribution in [0.25, 0.3) is 0 Å². The summed E-state index contributed by atoms with van der Waals surface area (Å²) in [5.74, 6) is -1.34. The number of ether oxygens (including phenoxy) is 2. The number of H-pyrrole nitrogens is 1. The average Bonchev–Trinajstić information content (AvgIpc) is 3.37. The number of aliphatic hydroxyl groups excluding tert-OH is 1. The van der Waals surface area contributed by atoms with Crippen molar-refractivity contribution >= 4 is 11.8 Å². The van der Waals surface area contributed by atoms with E-state index in [2.05, 4.69) is 4.98 Å². The number of amides is 2. The third-order valence-corrected chi connectivity index (χ3v) is 7.00. The molecule has 0 spiro atoms. The largest absolute Gasteiger partial charge is 0.393 e. The summed E-state index contributed by atoms with van der Waals surface area (Å²) < 4.78 is 13.6. The number of aryl methyl sites for hydroxylation is 1. The molecule has 11 nitrogen and oxygen atoms in total. The summed E-state index contributed by atoms with van der Waals surface area (Å²) in [6.07, 6.45) is -1.96. The van der Waals surface area contributed by atoms with Gasteiger partial charge in [0.05, 0.1) is 24.3 Å². The molecule has 11 heteroatoms. The van der Waals surface area contributed by atoms with E-state index in [9.17, 15) is 24.3 Å². The second kappa shape index (κ2) is 10.1. The van der Waals surface area contributed by atoms with Gasteiger partial charge in [0.25, 0.3) is 17.4 Å². The van der Waals surface area contributed by atoms with Gasteiger partial charge in [-0.2, -0.15) is 0 Å². The van der Waals surface area contributed by atoms with Crippen molar-refractivity contribution in [1.82, 2.24) is 14.6 Å². The molecule has 1 saturated heterocycles. The zero-order chi connectivity index (χ0) is 27.0. The van der Waals surface area contributed by atoms with Crippen molar-refractivity contribution in [3.63, 3.8) is 0 Å². The Morgan fingerprint density at radius 1 is 1.00 bits per heavy atom. The van der Waals surface area contributed by atoms with Crippen LogP contribution in [0.1, 0.15) is 51.4 Å². The van der Waals surface area contributed by atoms with E-state index in [1.54, 1.807) is 19.1 Å². The fourth-order valence-electron chi connectivity index (χ4n) is 4.84. The third-order valence-electron chi connectivity index (χ3n) is 7.00. The summed E-state index contributed by atoms with van der Waals surface area (Å²) in [7, 11) is 0. The lowest BCUT2D eigenvalue weighted by Crippen LogP contribution is -2.50. The number of hydrogen-bond donors (Lipinski definition) is 2. The van der Waals surface area contributed by atoms with Gasteiger partial charge in [0.15, 0.2) is 12.3 Å². The highest BCUT2D eigenvalue weighted by Gasteiger charge is 2.58. The lowest BCUT2D eigenvalue weighted by atomic mass is 9.93. The first-order chi connectivity index (χ1) is 18.3. The summed E-state index contributed by atoms with van der Waals surface area (Å²) in [6.45, 7) is 2.90. The average molecular weight is 522 g/mol. The number of imide groups is 1. The third kappa shape index (κ3) is 4.29. The molecule has 1 unspecified atom stereocenters. The van der Waals surface area contributed by atoms with Crippen molar-refractivity contribution in [1.29, 1.82) is 0 Å². The smallest absolute Gasteiger partial charge is 0.330 e. The molecule has 3 aromatic rings. The van der Waals surface area contributed by atoms with Gasteiger partial charge >= 0.3 is 5.69 Å². The minimum absolute atomic E-state index is 0.102. The summed E-state index contributed by atoms with van der Waals surface area (Å²) >= 11 is 0. The van der Waals surface area contributed by atoms with Crippen LogP contribution in [0.5, 0.6) is 0 Å². The molecule has 38 heavy (non-hydrogen) atoms. The summed E-state index contributed by atoms with van der Waals surface area (Å²) in [5.41, 5.74) is -1.29. The first-order valence-electron chi connectivity index (χ1n) is 12.2. The van der Waals surface area contributed by atoms with Crippen LogP contribution in [0.2, 0.25) is 0 Å². The lowest BCUT2D eigenvalue weighted by Gasteiger charge is -2.33. The number of fused-ring (bicyclic) bond motifs is 1. The second-order valence-corrected chi connectivity index (χ2v) is 9.30. The van der Waals surface area contributed by atoms with Crippen molar-refractivity contribution in [2.24, 2.45) is 0 Å². The van der Waals surface area contributed by atoms with Gasteiger partial charge in [-0.1, -0.05) is 49.4 Å². The maximum absolute atomic E-state index is 13.1. The van der Waals surface area contributed by atoms with E-state index in [4.69, 9.17) is 14.3 Å². The Labute approximate surface area is 217 Å². The molecule has 0 radical (unpaired) electrons. The molecule has 2 N–H and O–H groups in total. The molecule has 0 aliphatic carbocycles. The van der Waals surface area contributed by atoms with Crippen LogP contribution in [0.4, 0.5) is 0 Å². The van der Waals surface area contributed by atoms with Crippen molar-refractivity contribution in [3.8, 4) is 0 Å². The number of carbonyl (C=O) groups excluding carboxylic acids is 2. The Morgan fingerprint density at radius 3 is 2.24 bits per heavy atom. The van der Waals surface area contributed by atoms with Crippen LogP contribution >= 0.6 is 0 Å². The number of hydrogen-bond acceptors (Lipinski definition) is 8. The fourth-order valence-corrected chi connectivity index (χ4v) is 4.84. The van der Waals surface area contributed by atoms with Gasteiger partial charge in [0.1, 0.15) is 11.7 Å². The summed E-state index contributed by atoms with van der Waals surface area (Å²) in [6, 6.07) is 15.6. The number of aliphatic hydroxyl groups is 1. The molecule has 1 aromatic heterocycles. The summed E-state index contributed by atoms with van der Waals surface area (Å²) in [4.78, 5) is 59.4. The van der Waals surface area contributed by atoms with Gasteiger partial charge in [-0.3, -0.25) is 28.8 Å². The Balaban J connectivity index is 1.58. The van der Waals surface area contributed by atoms with Crippen LogP contribution in [0.15, 0.2) is 70.4 Å². The van der Waals surface area contributed by atoms with Gasteiger partial charge in [-0.05, 0) is 31.0 Å². The molecule has 5 rings (SSSR count). The van der Waals surface area contributed by atoms with Crippen LogP contribution < -0.4 is 11.2 Å². The maximum Gasteiger partial charge on any atom is 0.330 e. The molecule has 2 amide bonds. The number of aromatic nitrogens is 2. The van der Waals surface area contributed by atoms with E-state index in [0.717, 1.165) is 10.1 Å². The monoisotopic (exact) mass is 521 g/mol. The topological polar surface area (TPSA) is 140 Å². The molecular weight excluding hydrogens is 494 g/mol. The van der Waals surface area contributed by atoms with Gasteiger partial charge in [-0.25, -0.2) is 4.79 Å². The number of aromatic amines is 1. The van der Waals surface area contributed by atoms with E-state index < -0.39 is 53.7 Å². The molecule has 0 saturated carbocycles.